The zero-order chi connectivity index (χ0) is 16.4. The lowest BCUT2D eigenvalue weighted by molar-refractivity contribution is 0.353. The molecule has 1 fully saturated rings. The summed E-state index contributed by atoms with van der Waals surface area (Å²) >= 11 is 0. The third kappa shape index (κ3) is 4.62. The van der Waals surface area contributed by atoms with Crippen molar-refractivity contribution in [1.82, 2.24) is 14.8 Å². The molecule has 0 unspecified atom stereocenters. The fourth-order valence-electron chi connectivity index (χ4n) is 2.57. The van der Waals surface area contributed by atoms with Crippen LogP contribution >= 0.6 is 24.0 Å². The standard InChI is InChI=1S/C15H26N4O2S.HI/c1-5-16-14(17-11-13-7-6-8-18(13)4)19-9-10-22(20,21)15(2,3)12-19;/h6-8H,5,9-12H2,1-4H3,(H,16,17);1H. The number of guanidine groups is 1. The molecule has 0 spiro atoms. The summed E-state index contributed by atoms with van der Waals surface area (Å²) in [4.78, 5) is 6.72. The molecule has 0 radical (unpaired) electrons. The van der Waals surface area contributed by atoms with Gasteiger partial charge in [0.1, 0.15) is 0 Å². The fourth-order valence-corrected chi connectivity index (χ4v) is 3.93. The van der Waals surface area contributed by atoms with Crippen LogP contribution in [-0.2, 0) is 23.4 Å². The summed E-state index contributed by atoms with van der Waals surface area (Å²) in [6, 6.07) is 4.03. The number of halogens is 1. The van der Waals surface area contributed by atoms with Crippen LogP contribution in [0.2, 0.25) is 0 Å². The van der Waals surface area contributed by atoms with Gasteiger partial charge >= 0.3 is 0 Å². The second-order valence-electron chi connectivity index (χ2n) is 6.28. The van der Waals surface area contributed by atoms with E-state index in [0.717, 1.165) is 18.2 Å². The van der Waals surface area contributed by atoms with Crippen molar-refractivity contribution in [2.75, 3.05) is 25.4 Å². The Morgan fingerprint density at radius 2 is 2.13 bits per heavy atom. The molecule has 1 aromatic heterocycles. The van der Waals surface area contributed by atoms with Crippen molar-refractivity contribution in [3.05, 3.63) is 24.0 Å². The molecule has 1 N–H and O–H groups in total. The van der Waals surface area contributed by atoms with Crippen LogP contribution in [-0.4, -0.2) is 54.0 Å². The van der Waals surface area contributed by atoms with E-state index < -0.39 is 14.6 Å². The quantitative estimate of drug-likeness (QED) is 0.428. The first-order valence-electron chi connectivity index (χ1n) is 7.62. The Bertz CT molecular complexity index is 652. The van der Waals surface area contributed by atoms with Gasteiger partial charge in [0.25, 0.3) is 0 Å². The molecule has 1 aliphatic rings. The van der Waals surface area contributed by atoms with Crippen molar-refractivity contribution in [3.63, 3.8) is 0 Å². The molecule has 8 heteroatoms. The van der Waals surface area contributed by atoms with Crippen LogP contribution < -0.4 is 5.32 Å². The lowest BCUT2D eigenvalue weighted by atomic mass is 10.2. The summed E-state index contributed by atoms with van der Waals surface area (Å²) < 4.78 is 25.6. The predicted molar refractivity (Wildman–Crippen MR) is 105 cm³/mol. The van der Waals surface area contributed by atoms with E-state index in [1.165, 1.54) is 0 Å². The second kappa shape index (κ2) is 7.87. The highest BCUT2D eigenvalue weighted by Gasteiger charge is 2.40. The summed E-state index contributed by atoms with van der Waals surface area (Å²) in [5, 5.41) is 3.27. The van der Waals surface area contributed by atoms with Crippen LogP contribution in [0.5, 0.6) is 0 Å². The number of nitrogens with one attached hydrogen (secondary N) is 1. The average molecular weight is 454 g/mol. The molecule has 0 saturated carbocycles. The van der Waals surface area contributed by atoms with Crippen LogP contribution in [0.4, 0.5) is 0 Å². The third-order valence-electron chi connectivity index (χ3n) is 4.12. The van der Waals surface area contributed by atoms with Gasteiger partial charge in [0.15, 0.2) is 15.8 Å². The molecule has 6 nitrogen and oxygen atoms in total. The van der Waals surface area contributed by atoms with Crippen LogP contribution in [0, 0.1) is 0 Å². The Hall–Kier alpha value is -0.770. The Morgan fingerprint density at radius 1 is 1.43 bits per heavy atom. The van der Waals surface area contributed by atoms with Crippen LogP contribution in [0.15, 0.2) is 23.3 Å². The van der Waals surface area contributed by atoms with E-state index in [9.17, 15) is 8.42 Å². The normalized spacial score (nSPS) is 20.0. The van der Waals surface area contributed by atoms with Gasteiger partial charge in [0.2, 0.25) is 0 Å². The topological polar surface area (TPSA) is 66.7 Å². The van der Waals surface area contributed by atoms with Gasteiger partial charge in [-0.1, -0.05) is 0 Å². The Labute approximate surface area is 156 Å². The van der Waals surface area contributed by atoms with Crippen molar-refractivity contribution in [3.8, 4) is 0 Å². The molecule has 1 saturated heterocycles. The molecule has 0 atom stereocenters. The zero-order valence-corrected chi connectivity index (χ0v) is 17.4. The lowest BCUT2D eigenvalue weighted by Gasteiger charge is -2.39. The maximum atomic E-state index is 12.1. The van der Waals surface area contributed by atoms with E-state index in [1.54, 1.807) is 13.8 Å². The maximum Gasteiger partial charge on any atom is 0.194 e. The molecule has 0 bridgehead atoms. The fraction of sp³-hybridized carbons (Fsp3) is 0.667. The molecule has 23 heavy (non-hydrogen) atoms. The summed E-state index contributed by atoms with van der Waals surface area (Å²) in [5.74, 6) is 0.959. The number of rotatable bonds is 3. The first-order valence-corrected chi connectivity index (χ1v) is 9.28. The van der Waals surface area contributed by atoms with E-state index in [-0.39, 0.29) is 29.7 Å². The van der Waals surface area contributed by atoms with E-state index in [4.69, 9.17) is 0 Å². The van der Waals surface area contributed by atoms with Crippen LogP contribution in [0.3, 0.4) is 0 Å². The Kier molecular flexibility index (Phi) is 6.94. The molecular weight excluding hydrogens is 427 g/mol. The van der Waals surface area contributed by atoms with Gasteiger partial charge in [-0.05, 0) is 32.9 Å². The first-order chi connectivity index (χ1) is 10.3. The highest BCUT2D eigenvalue weighted by atomic mass is 127. The number of hydrogen-bond donors (Lipinski definition) is 1. The van der Waals surface area contributed by atoms with Gasteiger partial charge in [-0.15, -0.1) is 24.0 Å². The smallest absolute Gasteiger partial charge is 0.194 e. The first kappa shape index (κ1) is 20.3. The van der Waals surface area contributed by atoms with Gasteiger partial charge in [-0.3, -0.25) is 0 Å². The van der Waals surface area contributed by atoms with Crippen molar-refractivity contribution < 1.29 is 8.42 Å². The maximum absolute atomic E-state index is 12.1. The number of aryl methyl sites for hydroxylation is 1. The number of aliphatic imine (C=N–C) groups is 1. The molecule has 2 heterocycles. The SMILES string of the molecule is CCNC(=NCc1cccn1C)N1CCS(=O)(=O)C(C)(C)C1.I. The Balaban J connectivity index is 0.00000264. The monoisotopic (exact) mass is 454 g/mol. The minimum absolute atomic E-state index is 0. The predicted octanol–water partition coefficient (Wildman–Crippen LogP) is 1.62. The minimum atomic E-state index is -3.04. The van der Waals surface area contributed by atoms with Gasteiger partial charge < -0.3 is 14.8 Å². The molecule has 0 amide bonds. The van der Waals surface area contributed by atoms with Gasteiger partial charge in [0.05, 0.1) is 17.0 Å². The molecular formula is C15H27IN4O2S. The number of hydrogen-bond acceptors (Lipinski definition) is 3. The van der Waals surface area contributed by atoms with E-state index in [0.29, 0.717) is 19.6 Å². The van der Waals surface area contributed by atoms with Crippen LogP contribution in [0.25, 0.3) is 0 Å². The molecule has 1 aromatic rings. The van der Waals surface area contributed by atoms with Gasteiger partial charge in [-0.2, -0.15) is 0 Å². The largest absolute Gasteiger partial charge is 0.357 e. The van der Waals surface area contributed by atoms with Crippen molar-refractivity contribution in [2.24, 2.45) is 12.0 Å². The van der Waals surface area contributed by atoms with Crippen LogP contribution in [0.1, 0.15) is 26.5 Å². The van der Waals surface area contributed by atoms with Crippen molar-refractivity contribution in [2.45, 2.75) is 32.1 Å². The average Bonchev–Trinajstić information content (AvgIpc) is 2.83. The zero-order valence-electron chi connectivity index (χ0n) is 14.2. The summed E-state index contributed by atoms with van der Waals surface area (Å²) in [7, 11) is -1.04. The molecule has 0 aliphatic carbocycles. The van der Waals surface area contributed by atoms with Crippen molar-refractivity contribution >= 4 is 39.8 Å². The van der Waals surface area contributed by atoms with Gasteiger partial charge in [-0.25, -0.2) is 13.4 Å². The highest BCUT2D eigenvalue weighted by Crippen LogP contribution is 2.23. The van der Waals surface area contributed by atoms with E-state index >= 15 is 0 Å². The van der Waals surface area contributed by atoms with E-state index in [2.05, 4.69) is 10.3 Å². The third-order valence-corrected chi connectivity index (χ3v) is 6.65. The van der Waals surface area contributed by atoms with Crippen molar-refractivity contribution in [1.29, 1.82) is 0 Å². The molecule has 0 aromatic carbocycles. The van der Waals surface area contributed by atoms with E-state index in [1.807, 2.05) is 41.8 Å². The summed E-state index contributed by atoms with van der Waals surface area (Å²) in [6.45, 7) is 7.89. The Morgan fingerprint density at radius 3 is 2.65 bits per heavy atom. The second-order valence-corrected chi connectivity index (χ2v) is 9.02. The molecule has 132 valence electrons. The number of aromatic nitrogens is 1. The number of sulfone groups is 1. The number of nitrogens with zero attached hydrogens (tertiary/aromatic N) is 3. The summed E-state index contributed by atoms with van der Waals surface area (Å²) in [5.41, 5.74) is 1.12. The minimum Gasteiger partial charge on any atom is -0.357 e. The highest BCUT2D eigenvalue weighted by molar-refractivity contribution is 14.0. The lowest BCUT2D eigenvalue weighted by Crippen LogP contribution is -2.57. The summed E-state index contributed by atoms with van der Waals surface area (Å²) in [6.07, 6.45) is 1.99. The van der Waals surface area contributed by atoms with Gasteiger partial charge in [0, 0.05) is 38.6 Å². The molecule has 2 rings (SSSR count). The molecule has 1 aliphatic heterocycles.